The number of hydrogen-bond acceptors (Lipinski definition) is 1. The van der Waals surface area contributed by atoms with E-state index < -0.39 is 0 Å². The molecular formula is C27H49N. The number of rotatable bonds is 13. The SMILES string of the molecule is CCCCCCC[C@H]1CC[C@H](CC(C#N)[C@H]2CC[C@H](CCCCC)CC2)CC1. The van der Waals surface area contributed by atoms with E-state index in [-0.39, 0.29) is 0 Å². The van der Waals surface area contributed by atoms with Crippen LogP contribution < -0.4 is 0 Å². The lowest BCUT2D eigenvalue weighted by atomic mass is 9.70. The summed E-state index contributed by atoms with van der Waals surface area (Å²) in [5.41, 5.74) is 0. The molecule has 0 radical (unpaired) electrons. The highest BCUT2D eigenvalue weighted by atomic mass is 14.4. The van der Waals surface area contributed by atoms with E-state index in [2.05, 4.69) is 19.9 Å². The molecule has 28 heavy (non-hydrogen) atoms. The second kappa shape index (κ2) is 14.5. The van der Waals surface area contributed by atoms with Crippen LogP contribution in [0.15, 0.2) is 0 Å². The number of nitrogens with zero attached hydrogens (tertiary/aromatic N) is 1. The van der Waals surface area contributed by atoms with Gasteiger partial charge in [-0.3, -0.25) is 0 Å². The zero-order valence-electron chi connectivity index (χ0n) is 19.3. The Morgan fingerprint density at radius 2 is 1.11 bits per heavy atom. The van der Waals surface area contributed by atoms with Crippen LogP contribution in [0.4, 0.5) is 0 Å². The topological polar surface area (TPSA) is 23.8 Å². The maximum atomic E-state index is 9.84. The van der Waals surface area contributed by atoms with Gasteiger partial charge in [0.15, 0.2) is 0 Å². The number of hydrogen-bond donors (Lipinski definition) is 0. The number of nitriles is 1. The first-order valence-corrected chi connectivity index (χ1v) is 13.2. The van der Waals surface area contributed by atoms with E-state index in [1.165, 1.54) is 122 Å². The van der Waals surface area contributed by atoms with Crippen molar-refractivity contribution in [1.29, 1.82) is 5.26 Å². The van der Waals surface area contributed by atoms with Crippen LogP contribution in [-0.2, 0) is 0 Å². The predicted molar refractivity (Wildman–Crippen MR) is 122 cm³/mol. The van der Waals surface area contributed by atoms with Gasteiger partial charge in [-0.25, -0.2) is 0 Å². The fraction of sp³-hybridized carbons (Fsp3) is 0.963. The second-order valence-electron chi connectivity index (χ2n) is 10.3. The van der Waals surface area contributed by atoms with Gasteiger partial charge in [-0.1, -0.05) is 117 Å². The van der Waals surface area contributed by atoms with Gasteiger partial charge < -0.3 is 0 Å². The van der Waals surface area contributed by atoms with Crippen LogP contribution in [0.1, 0.15) is 136 Å². The molecule has 0 saturated heterocycles. The summed E-state index contributed by atoms with van der Waals surface area (Å²) in [6.07, 6.45) is 26.6. The van der Waals surface area contributed by atoms with Crippen molar-refractivity contribution < 1.29 is 0 Å². The third-order valence-electron chi connectivity index (χ3n) is 8.11. The third-order valence-corrected chi connectivity index (χ3v) is 8.11. The lowest BCUT2D eigenvalue weighted by molar-refractivity contribution is 0.177. The molecule has 2 aliphatic carbocycles. The lowest BCUT2D eigenvalue weighted by Gasteiger charge is -2.34. The first-order chi connectivity index (χ1) is 13.8. The molecule has 0 aliphatic heterocycles. The standard InChI is InChI=1S/C27H49N/c1-3-5-7-8-10-12-23-13-15-25(16-14-23)21-27(22-28)26-19-17-24(18-20-26)11-9-6-4-2/h23-27H,3-21H2,1-2H3/t23-,24-,25-,26-,27?. The Hall–Kier alpha value is -0.510. The minimum absolute atomic E-state index is 0.354. The largest absolute Gasteiger partial charge is 0.198 e. The zero-order chi connectivity index (χ0) is 20.0. The van der Waals surface area contributed by atoms with Gasteiger partial charge in [-0.2, -0.15) is 5.26 Å². The van der Waals surface area contributed by atoms with Crippen LogP contribution in [0.25, 0.3) is 0 Å². The van der Waals surface area contributed by atoms with Crippen molar-refractivity contribution in [2.75, 3.05) is 0 Å². The van der Waals surface area contributed by atoms with Gasteiger partial charge in [0.1, 0.15) is 0 Å². The van der Waals surface area contributed by atoms with Crippen molar-refractivity contribution in [3.63, 3.8) is 0 Å². The van der Waals surface area contributed by atoms with E-state index in [0.717, 1.165) is 17.8 Å². The summed E-state index contributed by atoms with van der Waals surface area (Å²) in [4.78, 5) is 0. The Morgan fingerprint density at radius 3 is 1.68 bits per heavy atom. The lowest BCUT2D eigenvalue weighted by Crippen LogP contribution is -2.24. The Bertz CT molecular complexity index is 406. The van der Waals surface area contributed by atoms with E-state index in [9.17, 15) is 5.26 Å². The molecule has 0 aromatic heterocycles. The van der Waals surface area contributed by atoms with Gasteiger partial charge >= 0.3 is 0 Å². The Balaban J connectivity index is 1.60. The average molecular weight is 388 g/mol. The highest BCUT2D eigenvalue weighted by Gasteiger charge is 2.30. The molecule has 0 aromatic rings. The smallest absolute Gasteiger partial charge is 0.0658 e. The zero-order valence-corrected chi connectivity index (χ0v) is 19.3. The van der Waals surface area contributed by atoms with Crippen LogP contribution in [0.5, 0.6) is 0 Å². The maximum Gasteiger partial charge on any atom is 0.0658 e. The predicted octanol–water partition coefficient (Wildman–Crippen LogP) is 9.07. The molecule has 2 fully saturated rings. The molecule has 0 spiro atoms. The third kappa shape index (κ3) is 8.88. The van der Waals surface area contributed by atoms with E-state index in [0.29, 0.717) is 11.8 Å². The van der Waals surface area contributed by atoms with Crippen LogP contribution in [-0.4, -0.2) is 0 Å². The molecule has 2 rings (SSSR count). The van der Waals surface area contributed by atoms with Gasteiger partial charge in [-0.05, 0) is 42.9 Å². The van der Waals surface area contributed by atoms with Gasteiger partial charge in [0.2, 0.25) is 0 Å². The molecule has 1 heteroatoms. The first-order valence-electron chi connectivity index (χ1n) is 13.2. The summed E-state index contributed by atoms with van der Waals surface area (Å²) in [5.74, 6) is 3.88. The highest BCUT2D eigenvalue weighted by molar-refractivity contribution is 4.92. The Morgan fingerprint density at radius 1 is 0.643 bits per heavy atom. The minimum Gasteiger partial charge on any atom is -0.198 e. The number of unbranched alkanes of at least 4 members (excludes halogenated alkanes) is 6. The van der Waals surface area contributed by atoms with Gasteiger partial charge in [-0.15, -0.1) is 0 Å². The summed E-state index contributed by atoms with van der Waals surface area (Å²) in [6, 6.07) is 2.75. The average Bonchev–Trinajstić information content (AvgIpc) is 2.74. The van der Waals surface area contributed by atoms with Crippen molar-refractivity contribution in [3.05, 3.63) is 0 Å². The fourth-order valence-electron chi connectivity index (χ4n) is 6.06. The van der Waals surface area contributed by atoms with E-state index in [1.807, 2.05) is 0 Å². The molecule has 0 bridgehead atoms. The van der Waals surface area contributed by atoms with Gasteiger partial charge in [0.25, 0.3) is 0 Å². The van der Waals surface area contributed by atoms with E-state index in [1.54, 1.807) is 0 Å². The summed E-state index contributed by atoms with van der Waals surface area (Å²) < 4.78 is 0. The van der Waals surface area contributed by atoms with Crippen molar-refractivity contribution in [1.82, 2.24) is 0 Å². The van der Waals surface area contributed by atoms with Crippen LogP contribution >= 0.6 is 0 Å². The molecule has 0 heterocycles. The summed E-state index contributed by atoms with van der Waals surface area (Å²) in [7, 11) is 0. The van der Waals surface area contributed by atoms with Crippen LogP contribution in [0.2, 0.25) is 0 Å². The van der Waals surface area contributed by atoms with E-state index in [4.69, 9.17) is 0 Å². The summed E-state index contributed by atoms with van der Waals surface area (Å²) >= 11 is 0. The molecule has 0 aromatic carbocycles. The molecule has 2 saturated carbocycles. The molecule has 1 nitrogen and oxygen atoms in total. The molecule has 1 atom stereocenters. The van der Waals surface area contributed by atoms with Gasteiger partial charge in [0, 0.05) is 5.92 Å². The van der Waals surface area contributed by atoms with Crippen molar-refractivity contribution in [2.45, 2.75) is 136 Å². The molecule has 162 valence electrons. The first kappa shape index (κ1) is 23.8. The van der Waals surface area contributed by atoms with Crippen molar-refractivity contribution in [2.24, 2.45) is 29.6 Å². The monoisotopic (exact) mass is 387 g/mol. The van der Waals surface area contributed by atoms with Crippen molar-refractivity contribution >= 4 is 0 Å². The highest BCUT2D eigenvalue weighted by Crippen LogP contribution is 2.41. The van der Waals surface area contributed by atoms with Crippen LogP contribution in [0, 0.1) is 40.9 Å². The molecule has 0 N–H and O–H groups in total. The molecule has 1 unspecified atom stereocenters. The Labute approximate surface area is 177 Å². The van der Waals surface area contributed by atoms with Gasteiger partial charge in [0.05, 0.1) is 6.07 Å². The second-order valence-corrected chi connectivity index (χ2v) is 10.3. The summed E-state index contributed by atoms with van der Waals surface area (Å²) in [5, 5.41) is 9.84. The normalized spacial score (nSPS) is 29.3. The van der Waals surface area contributed by atoms with E-state index >= 15 is 0 Å². The summed E-state index contributed by atoms with van der Waals surface area (Å²) in [6.45, 7) is 4.60. The maximum absolute atomic E-state index is 9.84. The minimum atomic E-state index is 0.354. The van der Waals surface area contributed by atoms with Crippen LogP contribution in [0.3, 0.4) is 0 Å². The quantitative estimate of drug-likeness (QED) is 0.289. The molecule has 2 aliphatic rings. The fourth-order valence-corrected chi connectivity index (χ4v) is 6.06. The Kier molecular flexibility index (Phi) is 12.3. The molecule has 0 amide bonds. The van der Waals surface area contributed by atoms with Crippen molar-refractivity contribution in [3.8, 4) is 6.07 Å². The molecular weight excluding hydrogens is 338 g/mol.